The van der Waals surface area contributed by atoms with E-state index in [0.717, 1.165) is 34.7 Å². The number of benzene rings is 1. The van der Waals surface area contributed by atoms with Crippen LogP contribution in [0.15, 0.2) is 52.2 Å². The van der Waals surface area contributed by atoms with Gasteiger partial charge >= 0.3 is 0 Å². The highest BCUT2D eigenvalue weighted by Crippen LogP contribution is 2.22. The molecule has 0 aliphatic rings. The van der Waals surface area contributed by atoms with E-state index in [1.807, 2.05) is 72.6 Å². The number of guanidine groups is 1. The highest BCUT2D eigenvalue weighted by molar-refractivity contribution is 14.0. The molecule has 0 saturated carbocycles. The number of halogens is 1. The molecule has 2 heterocycles. The summed E-state index contributed by atoms with van der Waals surface area (Å²) in [6.45, 7) is 9.55. The number of nitrogens with zero attached hydrogens (tertiary/aromatic N) is 3. The summed E-state index contributed by atoms with van der Waals surface area (Å²) in [6, 6.07) is 12.1. The summed E-state index contributed by atoms with van der Waals surface area (Å²) in [7, 11) is 0. The van der Waals surface area contributed by atoms with Crippen LogP contribution in [0.3, 0.4) is 0 Å². The molecule has 3 rings (SSSR count). The van der Waals surface area contributed by atoms with Gasteiger partial charge in [0.25, 0.3) is 0 Å². The molecular weight excluding hydrogens is 509 g/mol. The third kappa shape index (κ3) is 5.83. The van der Waals surface area contributed by atoms with Crippen molar-refractivity contribution in [3.05, 3.63) is 69.7 Å². The fourth-order valence-corrected chi connectivity index (χ4v) is 3.94. The highest BCUT2D eigenvalue weighted by atomic mass is 127. The molecule has 8 heteroatoms. The van der Waals surface area contributed by atoms with Gasteiger partial charge in [0.1, 0.15) is 5.60 Å². The lowest BCUT2D eigenvalue weighted by Gasteiger charge is -2.24. The van der Waals surface area contributed by atoms with Crippen LogP contribution in [0.25, 0.3) is 5.69 Å². The van der Waals surface area contributed by atoms with Crippen molar-refractivity contribution < 1.29 is 5.11 Å². The van der Waals surface area contributed by atoms with E-state index in [4.69, 9.17) is 10.1 Å². The van der Waals surface area contributed by atoms with Gasteiger partial charge in [-0.1, -0.05) is 18.2 Å². The molecule has 30 heavy (non-hydrogen) atoms. The minimum absolute atomic E-state index is 0. The largest absolute Gasteiger partial charge is 0.384 e. The zero-order valence-electron chi connectivity index (χ0n) is 17.8. The lowest BCUT2D eigenvalue weighted by Crippen LogP contribution is -2.44. The van der Waals surface area contributed by atoms with Gasteiger partial charge in [0.15, 0.2) is 5.96 Å². The van der Waals surface area contributed by atoms with Crippen LogP contribution in [0.1, 0.15) is 36.4 Å². The number of rotatable bonds is 7. The molecule has 162 valence electrons. The van der Waals surface area contributed by atoms with Crippen molar-refractivity contribution in [3.8, 4) is 5.69 Å². The van der Waals surface area contributed by atoms with Crippen molar-refractivity contribution in [2.24, 2.45) is 4.99 Å². The molecule has 1 atom stereocenters. The van der Waals surface area contributed by atoms with Gasteiger partial charge in [0.2, 0.25) is 0 Å². The van der Waals surface area contributed by atoms with Gasteiger partial charge < -0.3 is 15.7 Å². The van der Waals surface area contributed by atoms with Crippen molar-refractivity contribution in [1.29, 1.82) is 0 Å². The first kappa shape index (κ1) is 24.4. The van der Waals surface area contributed by atoms with Crippen LogP contribution in [0.4, 0.5) is 0 Å². The zero-order valence-corrected chi connectivity index (χ0v) is 21.0. The summed E-state index contributed by atoms with van der Waals surface area (Å²) in [5.41, 5.74) is 4.15. The van der Waals surface area contributed by atoms with E-state index in [9.17, 15) is 5.11 Å². The molecular formula is C22H30IN5OS. The van der Waals surface area contributed by atoms with Gasteiger partial charge in [-0.05, 0) is 62.2 Å². The number of aryl methyl sites for hydroxylation is 1. The third-order valence-electron chi connectivity index (χ3n) is 4.92. The fourth-order valence-electron chi connectivity index (χ4n) is 3.15. The minimum atomic E-state index is -0.958. The van der Waals surface area contributed by atoms with E-state index in [2.05, 4.69) is 17.6 Å². The summed E-state index contributed by atoms with van der Waals surface area (Å²) < 4.78 is 1.96. The molecule has 1 aromatic carbocycles. The molecule has 0 radical (unpaired) electrons. The normalized spacial score (nSPS) is 13.4. The van der Waals surface area contributed by atoms with Crippen LogP contribution in [0, 0.1) is 13.8 Å². The molecule has 3 aromatic rings. The molecule has 2 aromatic heterocycles. The van der Waals surface area contributed by atoms with Crippen molar-refractivity contribution in [2.45, 2.75) is 39.8 Å². The Morgan fingerprint density at radius 2 is 1.93 bits per heavy atom. The van der Waals surface area contributed by atoms with Crippen molar-refractivity contribution >= 4 is 41.3 Å². The lowest BCUT2D eigenvalue weighted by molar-refractivity contribution is 0.0621. The van der Waals surface area contributed by atoms with E-state index in [1.165, 1.54) is 0 Å². The molecule has 0 spiro atoms. The molecule has 0 aliphatic heterocycles. The van der Waals surface area contributed by atoms with Crippen LogP contribution in [0.2, 0.25) is 0 Å². The Morgan fingerprint density at radius 1 is 1.20 bits per heavy atom. The Balaban J connectivity index is 0.00000320. The summed E-state index contributed by atoms with van der Waals surface area (Å²) in [5.74, 6) is 0.675. The molecule has 0 amide bonds. The number of nitrogens with one attached hydrogen (secondary N) is 2. The highest BCUT2D eigenvalue weighted by Gasteiger charge is 2.23. The monoisotopic (exact) mass is 539 g/mol. The molecule has 3 N–H and O–H groups in total. The topological polar surface area (TPSA) is 74.5 Å². The van der Waals surface area contributed by atoms with E-state index < -0.39 is 5.60 Å². The van der Waals surface area contributed by atoms with Crippen LogP contribution in [0.5, 0.6) is 0 Å². The summed E-state index contributed by atoms with van der Waals surface area (Å²) in [5, 5.41) is 25.9. The first-order chi connectivity index (χ1) is 13.9. The Labute approximate surface area is 199 Å². The first-order valence-electron chi connectivity index (χ1n) is 9.80. The predicted molar refractivity (Wildman–Crippen MR) is 135 cm³/mol. The predicted octanol–water partition coefficient (Wildman–Crippen LogP) is 4.13. The Kier molecular flexibility index (Phi) is 8.87. The molecule has 1 unspecified atom stereocenters. The SMILES string of the molecule is CCNC(=NCc1c(C)nn(-c2ccccc2)c1C)NCC(C)(O)c1ccsc1.I. The molecule has 6 nitrogen and oxygen atoms in total. The summed E-state index contributed by atoms with van der Waals surface area (Å²) in [6.07, 6.45) is 0. The number of hydrogen-bond donors (Lipinski definition) is 3. The maximum Gasteiger partial charge on any atom is 0.191 e. The number of para-hydroxylation sites is 1. The molecule has 0 bridgehead atoms. The van der Waals surface area contributed by atoms with Gasteiger partial charge in [-0.25, -0.2) is 9.67 Å². The van der Waals surface area contributed by atoms with E-state index >= 15 is 0 Å². The Bertz CT molecular complexity index is 952. The van der Waals surface area contributed by atoms with Crippen LogP contribution in [-0.4, -0.2) is 33.9 Å². The number of hydrogen-bond acceptors (Lipinski definition) is 4. The maximum atomic E-state index is 10.7. The van der Waals surface area contributed by atoms with E-state index in [0.29, 0.717) is 19.0 Å². The van der Waals surface area contributed by atoms with E-state index in [-0.39, 0.29) is 24.0 Å². The molecule has 0 fully saturated rings. The maximum absolute atomic E-state index is 10.7. The van der Waals surface area contributed by atoms with Crippen molar-refractivity contribution in [2.75, 3.05) is 13.1 Å². The van der Waals surface area contributed by atoms with Crippen molar-refractivity contribution in [1.82, 2.24) is 20.4 Å². The number of thiophene rings is 1. The lowest BCUT2D eigenvalue weighted by atomic mass is 9.99. The average Bonchev–Trinajstić information content (AvgIpc) is 3.35. The Morgan fingerprint density at radius 3 is 2.57 bits per heavy atom. The van der Waals surface area contributed by atoms with Gasteiger partial charge in [-0.3, -0.25) is 0 Å². The van der Waals surface area contributed by atoms with Crippen LogP contribution in [-0.2, 0) is 12.1 Å². The van der Waals surface area contributed by atoms with Crippen LogP contribution < -0.4 is 10.6 Å². The first-order valence-corrected chi connectivity index (χ1v) is 10.7. The third-order valence-corrected chi connectivity index (χ3v) is 5.61. The number of aromatic nitrogens is 2. The zero-order chi connectivity index (χ0) is 20.9. The van der Waals surface area contributed by atoms with Crippen LogP contribution >= 0.6 is 35.3 Å². The summed E-state index contributed by atoms with van der Waals surface area (Å²) >= 11 is 1.58. The second-order valence-corrected chi connectivity index (χ2v) is 8.01. The van der Waals surface area contributed by atoms with Gasteiger partial charge in [0, 0.05) is 17.8 Å². The Hall–Kier alpha value is -1.91. The second kappa shape index (κ2) is 10.9. The number of aliphatic hydroxyl groups is 1. The second-order valence-electron chi connectivity index (χ2n) is 7.23. The van der Waals surface area contributed by atoms with Gasteiger partial charge in [-0.15, -0.1) is 24.0 Å². The van der Waals surface area contributed by atoms with E-state index in [1.54, 1.807) is 11.3 Å². The molecule has 0 saturated heterocycles. The number of aliphatic imine (C=N–C) groups is 1. The smallest absolute Gasteiger partial charge is 0.191 e. The van der Waals surface area contributed by atoms with Gasteiger partial charge in [0.05, 0.1) is 24.5 Å². The minimum Gasteiger partial charge on any atom is -0.384 e. The summed E-state index contributed by atoms with van der Waals surface area (Å²) in [4.78, 5) is 4.73. The standard InChI is InChI=1S/C22H29N5OS.HI/c1-5-23-21(25-15-22(4,28)18-11-12-29-14-18)24-13-20-16(2)26-27(17(20)3)19-9-7-6-8-10-19;/h6-12,14,28H,5,13,15H2,1-4H3,(H2,23,24,25);1H. The molecule has 0 aliphatic carbocycles. The van der Waals surface area contributed by atoms with Crippen molar-refractivity contribution in [3.63, 3.8) is 0 Å². The fraction of sp³-hybridized carbons (Fsp3) is 0.364. The van der Waals surface area contributed by atoms with Gasteiger partial charge in [-0.2, -0.15) is 16.4 Å². The average molecular weight is 539 g/mol. The quantitative estimate of drug-likeness (QED) is 0.240.